The van der Waals surface area contributed by atoms with Gasteiger partial charge in [-0.1, -0.05) is 60.7 Å². The lowest BCUT2D eigenvalue weighted by molar-refractivity contribution is 0.0990. The Bertz CT molecular complexity index is 1500. The summed E-state index contributed by atoms with van der Waals surface area (Å²) < 4.78 is 0. The third-order valence-corrected chi connectivity index (χ3v) is 8.20. The highest BCUT2D eigenvalue weighted by atomic mass is 32.1. The number of fused-ring (bicyclic) bond motifs is 1. The van der Waals surface area contributed by atoms with Gasteiger partial charge in [-0.15, -0.1) is 22.7 Å². The SMILES string of the molecule is O=C1C(=Cc2ccc(-c3ccc(N(c4ccccc4)c4ccccc4)s3)s2)C(=O)c2ccccc21. The summed E-state index contributed by atoms with van der Waals surface area (Å²) in [5.41, 5.74) is 3.42. The number of carbonyl (C=O) groups is 2. The summed E-state index contributed by atoms with van der Waals surface area (Å²) in [4.78, 5) is 30.9. The highest BCUT2D eigenvalue weighted by Gasteiger charge is 2.32. The van der Waals surface area contributed by atoms with Gasteiger partial charge in [-0.05, 0) is 54.6 Å². The van der Waals surface area contributed by atoms with E-state index in [0.717, 1.165) is 31.0 Å². The van der Waals surface area contributed by atoms with Crippen molar-refractivity contribution in [2.45, 2.75) is 0 Å². The molecular formula is C30H19NO2S2. The van der Waals surface area contributed by atoms with Gasteiger partial charge in [-0.3, -0.25) is 9.59 Å². The number of hydrogen-bond acceptors (Lipinski definition) is 5. The van der Waals surface area contributed by atoms with Crippen molar-refractivity contribution >= 4 is 56.7 Å². The van der Waals surface area contributed by atoms with Crippen LogP contribution in [-0.4, -0.2) is 11.6 Å². The Morgan fingerprint density at radius 3 is 1.66 bits per heavy atom. The quantitative estimate of drug-likeness (QED) is 0.184. The van der Waals surface area contributed by atoms with Crippen LogP contribution in [0.1, 0.15) is 25.6 Å². The van der Waals surface area contributed by atoms with Gasteiger partial charge in [0.1, 0.15) is 5.00 Å². The van der Waals surface area contributed by atoms with E-state index in [9.17, 15) is 9.59 Å². The molecule has 3 aromatic carbocycles. The molecule has 3 nitrogen and oxygen atoms in total. The molecular weight excluding hydrogens is 470 g/mol. The Hall–Kier alpha value is -4.06. The number of anilines is 3. The second-order valence-corrected chi connectivity index (χ2v) is 10.3. The van der Waals surface area contributed by atoms with E-state index in [0.29, 0.717) is 11.1 Å². The second-order valence-electron chi connectivity index (χ2n) is 8.11. The highest BCUT2D eigenvalue weighted by molar-refractivity contribution is 7.24. The highest BCUT2D eigenvalue weighted by Crippen LogP contribution is 2.43. The average molecular weight is 490 g/mol. The van der Waals surface area contributed by atoms with Crippen LogP contribution in [0.25, 0.3) is 15.8 Å². The Morgan fingerprint density at radius 1 is 0.543 bits per heavy atom. The van der Waals surface area contributed by atoms with Crippen molar-refractivity contribution in [3.63, 3.8) is 0 Å². The molecule has 1 aliphatic carbocycles. The van der Waals surface area contributed by atoms with Crippen molar-refractivity contribution in [3.8, 4) is 9.75 Å². The Kier molecular flexibility index (Phi) is 5.49. The molecule has 0 spiro atoms. The van der Waals surface area contributed by atoms with E-state index in [4.69, 9.17) is 0 Å². The summed E-state index contributed by atoms with van der Waals surface area (Å²) in [5.74, 6) is -0.388. The van der Waals surface area contributed by atoms with Crippen molar-refractivity contribution in [1.29, 1.82) is 0 Å². The zero-order valence-corrected chi connectivity index (χ0v) is 20.2. The fourth-order valence-corrected chi connectivity index (χ4v) is 6.34. The van der Waals surface area contributed by atoms with Crippen LogP contribution in [0.5, 0.6) is 0 Å². The van der Waals surface area contributed by atoms with E-state index in [2.05, 4.69) is 47.4 Å². The van der Waals surface area contributed by atoms with E-state index in [1.807, 2.05) is 42.5 Å². The van der Waals surface area contributed by atoms with Gasteiger partial charge in [0, 0.05) is 37.1 Å². The molecule has 0 amide bonds. The van der Waals surface area contributed by atoms with Crippen LogP contribution < -0.4 is 4.90 Å². The van der Waals surface area contributed by atoms with E-state index in [1.54, 1.807) is 53.0 Å². The van der Waals surface area contributed by atoms with Gasteiger partial charge in [0.15, 0.2) is 11.6 Å². The first-order chi connectivity index (χ1) is 17.2. The van der Waals surface area contributed by atoms with Crippen molar-refractivity contribution < 1.29 is 9.59 Å². The zero-order chi connectivity index (χ0) is 23.8. The number of para-hydroxylation sites is 2. The third kappa shape index (κ3) is 3.95. The molecule has 1 aliphatic rings. The number of thiophene rings is 2. The molecule has 0 saturated heterocycles. The fourth-order valence-electron chi connectivity index (χ4n) is 4.25. The van der Waals surface area contributed by atoms with E-state index < -0.39 is 0 Å². The standard InChI is InChI=1S/C30H19NO2S2/c32-29-23-13-7-8-14-24(23)30(33)25(29)19-22-15-16-26(34-22)27-17-18-28(35-27)31(20-9-3-1-4-10-20)21-11-5-2-6-12-21/h1-19H. The number of hydrogen-bond donors (Lipinski definition) is 0. The van der Waals surface area contributed by atoms with Crippen LogP contribution in [0.4, 0.5) is 16.4 Å². The molecule has 35 heavy (non-hydrogen) atoms. The zero-order valence-electron chi connectivity index (χ0n) is 18.5. The van der Waals surface area contributed by atoms with Crippen molar-refractivity contribution in [3.05, 3.63) is 131 Å². The number of allylic oxidation sites excluding steroid dienone is 1. The van der Waals surface area contributed by atoms with Crippen LogP contribution in [-0.2, 0) is 0 Å². The van der Waals surface area contributed by atoms with Gasteiger partial charge < -0.3 is 4.90 Å². The Labute approximate surface area is 211 Å². The molecule has 2 heterocycles. The molecule has 0 radical (unpaired) electrons. The predicted octanol–water partition coefficient (Wildman–Crippen LogP) is 8.41. The number of Topliss-reactive ketones (excluding diaryl/α,β-unsaturated/α-hetero) is 2. The number of nitrogens with zero attached hydrogens (tertiary/aromatic N) is 1. The smallest absolute Gasteiger partial charge is 0.197 e. The summed E-state index contributed by atoms with van der Waals surface area (Å²) in [6.07, 6.45) is 1.73. The number of ketones is 2. The molecule has 5 aromatic rings. The first-order valence-corrected chi connectivity index (χ1v) is 12.8. The number of carbonyl (C=O) groups excluding carboxylic acids is 2. The van der Waals surface area contributed by atoms with Crippen LogP contribution >= 0.6 is 22.7 Å². The van der Waals surface area contributed by atoms with Gasteiger partial charge in [-0.25, -0.2) is 0 Å². The summed E-state index contributed by atoms with van der Waals surface area (Å²) in [5, 5.41) is 1.11. The van der Waals surface area contributed by atoms with Gasteiger partial charge in [0.05, 0.1) is 5.57 Å². The predicted molar refractivity (Wildman–Crippen MR) is 145 cm³/mol. The summed E-state index contributed by atoms with van der Waals surface area (Å²) in [7, 11) is 0. The van der Waals surface area contributed by atoms with Gasteiger partial charge in [-0.2, -0.15) is 0 Å². The minimum Gasteiger partial charge on any atom is -0.302 e. The van der Waals surface area contributed by atoms with Gasteiger partial charge >= 0.3 is 0 Å². The Morgan fingerprint density at radius 2 is 1.06 bits per heavy atom. The number of rotatable bonds is 5. The Balaban J connectivity index is 1.32. The van der Waals surface area contributed by atoms with Gasteiger partial charge in [0.25, 0.3) is 0 Å². The molecule has 0 fully saturated rings. The average Bonchev–Trinajstić information content (AvgIpc) is 3.62. The maximum Gasteiger partial charge on any atom is 0.197 e. The molecule has 0 atom stereocenters. The summed E-state index contributed by atoms with van der Waals surface area (Å²) in [6.45, 7) is 0. The molecule has 168 valence electrons. The molecule has 2 aromatic heterocycles. The first kappa shape index (κ1) is 21.5. The molecule has 0 saturated carbocycles. The maximum absolute atomic E-state index is 12.7. The molecule has 0 N–H and O–H groups in total. The van der Waals surface area contributed by atoms with Crippen molar-refractivity contribution in [2.24, 2.45) is 0 Å². The van der Waals surface area contributed by atoms with Crippen LogP contribution in [0.2, 0.25) is 0 Å². The van der Waals surface area contributed by atoms with Crippen molar-refractivity contribution in [2.75, 3.05) is 4.90 Å². The topological polar surface area (TPSA) is 37.4 Å². The normalized spacial score (nSPS) is 12.6. The largest absolute Gasteiger partial charge is 0.302 e. The molecule has 0 aliphatic heterocycles. The second kappa shape index (κ2) is 8.95. The van der Waals surface area contributed by atoms with E-state index in [-0.39, 0.29) is 17.1 Å². The van der Waals surface area contributed by atoms with Crippen LogP contribution in [0, 0.1) is 0 Å². The fraction of sp³-hybridized carbons (Fsp3) is 0. The first-order valence-electron chi connectivity index (χ1n) is 11.2. The van der Waals surface area contributed by atoms with Gasteiger partial charge in [0.2, 0.25) is 0 Å². The van der Waals surface area contributed by atoms with E-state index >= 15 is 0 Å². The van der Waals surface area contributed by atoms with Crippen LogP contribution in [0.3, 0.4) is 0 Å². The van der Waals surface area contributed by atoms with Crippen molar-refractivity contribution in [1.82, 2.24) is 0 Å². The lowest BCUT2D eigenvalue weighted by atomic mass is 10.1. The summed E-state index contributed by atoms with van der Waals surface area (Å²) >= 11 is 3.30. The monoisotopic (exact) mass is 489 g/mol. The van der Waals surface area contributed by atoms with E-state index in [1.165, 1.54) is 0 Å². The maximum atomic E-state index is 12.7. The van der Waals surface area contributed by atoms with Crippen LogP contribution in [0.15, 0.2) is 115 Å². The minimum atomic E-state index is -0.194. The lowest BCUT2D eigenvalue weighted by Crippen LogP contribution is -2.07. The summed E-state index contributed by atoms with van der Waals surface area (Å²) in [6, 6.07) is 36.0. The number of benzene rings is 3. The molecule has 5 heteroatoms. The molecule has 6 rings (SSSR count). The third-order valence-electron chi connectivity index (χ3n) is 5.90. The molecule has 0 unspecified atom stereocenters. The lowest BCUT2D eigenvalue weighted by Gasteiger charge is -2.23. The minimum absolute atomic E-state index is 0.194. The molecule has 0 bridgehead atoms.